The average Bonchev–Trinajstić information content (AvgIpc) is 2.70. The molecule has 19 heavy (non-hydrogen) atoms. The SMILES string of the molecule is Cc1nn(Cc2ccc(I)cc2)cc1CNC(C)C. The lowest BCUT2D eigenvalue weighted by atomic mass is 10.2. The molecule has 0 atom stereocenters. The number of benzene rings is 1. The predicted octanol–water partition coefficient (Wildman–Crippen LogP) is 3.34. The van der Waals surface area contributed by atoms with Crippen molar-refractivity contribution in [2.75, 3.05) is 0 Å². The molecule has 2 aromatic rings. The van der Waals surface area contributed by atoms with Crippen LogP contribution >= 0.6 is 22.6 Å². The Morgan fingerprint density at radius 3 is 2.58 bits per heavy atom. The van der Waals surface area contributed by atoms with Crippen LogP contribution in [-0.4, -0.2) is 15.8 Å². The summed E-state index contributed by atoms with van der Waals surface area (Å²) in [6.45, 7) is 8.11. The van der Waals surface area contributed by atoms with E-state index in [1.807, 2.05) is 4.68 Å². The van der Waals surface area contributed by atoms with Crippen LogP contribution in [0.25, 0.3) is 0 Å². The van der Waals surface area contributed by atoms with E-state index in [9.17, 15) is 0 Å². The maximum Gasteiger partial charge on any atom is 0.0659 e. The Labute approximate surface area is 128 Å². The van der Waals surface area contributed by atoms with Crippen LogP contribution in [0, 0.1) is 10.5 Å². The van der Waals surface area contributed by atoms with Crippen LogP contribution in [0.1, 0.15) is 30.7 Å². The van der Waals surface area contributed by atoms with Gasteiger partial charge < -0.3 is 5.32 Å². The molecule has 2 rings (SSSR count). The largest absolute Gasteiger partial charge is 0.310 e. The number of rotatable bonds is 5. The molecule has 1 heterocycles. The van der Waals surface area contributed by atoms with Gasteiger partial charge in [-0.25, -0.2) is 0 Å². The molecule has 0 aliphatic carbocycles. The lowest BCUT2D eigenvalue weighted by Crippen LogP contribution is -2.21. The van der Waals surface area contributed by atoms with Crippen molar-refractivity contribution in [1.29, 1.82) is 0 Å². The summed E-state index contributed by atoms with van der Waals surface area (Å²) in [4.78, 5) is 0. The number of hydrogen-bond acceptors (Lipinski definition) is 2. The molecular weight excluding hydrogens is 349 g/mol. The van der Waals surface area contributed by atoms with Crippen LogP contribution in [0.5, 0.6) is 0 Å². The fraction of sp³-hybridized carbons (Fsp3) is 0.400. The smallest absolute Gasteiger partial charge is 0.0659 e. The first kappa shape index (κ1) is 14.5. The third kappa shape index (κ3) is 4.31. The minimum Gasteiger partial charge on any atom is -0.310 e. The molecule has 0 saturated heterocycles. The Morgan fingerprint density at radius 1 is 1.26 bits per heavy atom. The maximum absolute atomic E-state index is 4.58. The fourth-order valence-electron chi connectivity index (χ4n) is 1.90. The van der Waals surface area contributed by atoms with E-state index in [4.69, 9.17) is 0 Å². The highest BCUT2D eigenvalue weighted by Crippen LogP contribution is 2.10. The van der Waals surface area contributed by atoms with Gasteiger partial charge in [0.05, 0.1) is 12.2 Å². The maximum atomic E-state index is 4.58. The molecule has 0 aliphatic rings. The normalized spacial score (nSPS) is 11.2. The van der Waals surface area contributed by atoms with E-state index < -0.39 is 0 Å². The number of aromatic nitrogens is 2. The predicted molar refractivity (Wildman–Crippen MR) is 87.2 cm³/mol. The van der Waals surface area contributed by atoms with Gasteiger partial charge in [-0.3, -0.25) is 4.68 Å². The van der Waals surface area contributed by atoms with Crippen LogP contribution < -0.4 is 5.32 Å². The summed E-state index contributed by atoms with van der Waals surface area (Å²) < 4.78 is 3.29. The monoisotopic (exact) mass is 369 g/mol. The number of hydrogen-bond donors (Lipinski definition) is 1. The van der Waals surface area contributed by atoms with Crippen molar-refractivity contribution in [3.8, 4) is 0 Å². The zero-order chi connectivity index (χ0) is 13.8. The Kier molecular flexibility index (Phi) is 4.99. The van der Waals surface area contributed by atoms with E-state index in [1.165, 1.54) is 14.7 Å². The lowest BCUT2D eigenvalue weighted by molar-refractivity contribution is 0.587. The third-order valence-corrected chi connectivity index (χ3v) is 3.73. The van der Waals surface area contributed by atoms with Gasteiger partial charge in [-0.15, -0.1) is 0 Å². The summed E-state index contributed by atoms with van der Waals surface area (Å²) in [5.74, 6) is 0. The van der Waals surface area contributed by atoms with Crippen molar-refractivity contribution in [3.05, 3.63) is 50.9 Å². The van der Waals surface area contributed by atoms with Gasteiger partial charge in [0.1, 0.15) is 0 Å². The summed E-state index contributed by atoms with van der Waals surface area (Å²) in [5, 5.41) is 8.01. The number of halogens is 1. The fourth-order valence-corrected chi connectivity index (χ4v) is 2.26. The minimum absolute atomic E-state index is 0.499. The summed E-state index contributed by atoms with van der Waals surface area (Å²) in [6.07, 6.45) is 2.14. The van der Waals surface area contributed by atoms with Gasteiger partial charge in [0.25, 0.3) is 0 Å². The van der Waals surface area contributed by atoms with Gasteiger partial charge in [0.15, 0.2) is 0 Å². The van der Waals surface area contributed by atoms with Crippen LogP contribution in [-0.2, 0) is 13.1 Å². The molecule has 0 unspecified atom stereocenters. The number of aryl methyl sites for hydroxylation is 1. The molecule has 1 aromatic heterocycles. The van der Waals surface area contributed by atoms with Crippen molar-refractivity contribution < 1.29 is 0 Å². The van der Waals surface area contributed by atoms with Crippen molar-refractivity contribution >= 4 is 22.6 Å². The summed E-state index contributed by atoms with van der Waals surface area (Å²) >= 11 is 2.32. The molecule has 1 aromatic carbocycles. The number of nitrogens with zero attached hydrogens (tertiary/aromatic N) is 2. The van der Waals surface area contributed by atoms with Gasteiger partial charge in [-0.2, -0.15) is 5.10 Å². The van der Waals surface area contributed by atoms with Gasteiger partial charge in [0, 0.05) is 27.9 Å². The number of nitrogens with one attached hydrogen (secondary N) is 1. The Morgan fingerprint density at radius 2 is 1.95 bits per heavy atom. The van der Waals surface area contributed by atoms with E-state index in [1.54, 1.807) is 0 Å². The molecule has 0 fully saturated rings. The summed E-state index contributed by atoms with van der Waals surface area (Å²) in [7, 11) is 0. The van der Waals surface area contributed by atoms with Gasteiger partial charge in [-0.1, -0.05) is 26.0 Å². The average molecular weight is 369 g/mol. The molecule has 1 N–H and O–H groups in total. The second-order valence-corrected chi connectivity index (χ2v) is 6.35. The van der Waals surface area contributed by atoms with Crippen molar-refractivity contribution in [2.24, 2.45) is 0 Å². The van der Waals surface area contributed by atoms with Gasteiger partial charge in [-0.05, 0) is 47.2 Å². The first-order valence-electron chi connectivity index (χ1n) is 6.55. The van der Waals surface area contributed by atoms with Crippen molar-refractivity contribution in [3.63, 3.8) is 0 Å². The second-order valence-electron chi connectivity index (χ2n) is 5.10. The Bertz CT molecular complexity index is 529. The topological polar surface area (TPSA) is 29.9 Å². The van der Waals surface area contributed by atoms with Crippen LogP contribution in [0.4, 0.5) is 0 Å². The van der Waals surface area contributed by atoms with Gasteiger partial charge >= 0.3 is 0 Å². The molecule has 0 spiro atoms. The molecular formula is C15H20IN3. The molecule has 0 radical (unpaired) electrons. The molecule has 4 heteroatoms. The second kappa shape index (κ2) is 6.52. The van der Waals surface area contributed by atoms with E-state index >= 15 is 0 Å². The quantitative estimate of drug-likeness (QED) is 0.820. The zero-order valence-corrected chi connectivity index (χ0v) is 13.8. The molecule has 0 bridgehead atoms. The van der Waals surface area contributed by atoms with E-state index in [0.29, 0.717) is 6.04 Å². The first-order valence-corrected chi connectivity index (χ1v) is 7.63. The standard InChI is InChI=1S/C15H20IN3/c1-11(2)17-8-14-10-19(18-12(14)3)9-13-4-6-15(16)7-5-13/h4-7,10-11,17H,8-9H2,1-3H3. The van der Waals surface area contributed by atoms with Crippen LogP contribution in [0.2, 0.25) is 0 Å². The Balaban J connectivity index is 2.05. The van der Waals surface area contributed by atoms with Crippen LogP contribution in [0.15, 0.2) is 30.5 Å². The highest BCUT2D eigenvalue weighted by molar-refractivity contribution is 14.1. The first-order chi connectivity index (χ1) is 9.04. The van der Waals surface area contributed by atoms with Gasteiger partial charge in [0.2, 0.25) is 0 Å². The molecule has 0 saturated carbocycles. The van der Waals surface area contributed by atoms with E-state index in [2.05, 4.69) is 84.2 Å². The summed E-state index contributed by atoms with van der Waals surface area (Å²) in [6, 6.07) is 9.08. The highest BCUT2D eigenvalue weighted by Gasteiger charge is 2.05. The molecule has 0 aliphatic heterocycles. The third-order valence-electron chi connectivity index (χ3n) is 3.01. The zero-order valence-electron chi connectivity index (χ0n) is 11.7. The van der Waals surface area contributed by atoms with E-state index in [-0.39, 0.29) is 0 Å². The van der Waals surface area contributed by atoms with Crippen molar-refractivity contribution in [2.45, 2.75) is 39.9 Å². The molecule has 3 nitrogen and oxygen atoms in total. The summed E-state index contributed by atoms with van der Waals surface area (Å²) in [5.41, 5.74) is 3.67. The van der Waals surface area contributed by atoms with Crippen LogP contribution in [0.3, 0.4) is 0 Å². The lowest BCUT2D eigenvalue weighted by Gasteiger charge is -2.06. The molecule has 102 valence electrons. The minimum atomic E-state index is 0.499. The Hall–Kier alpha value is -0.880. The highest BCUT2D eigenvalue weighted by atomic mass is 127. The van der Waals surface area contributed by atoms with E-state index in [0.717, 1.165) is 18.8 Å². The van der Waals surface area contributed by atoms with Crippen molar-refractivity contribution in [1.82, 2.24) is 15.1 Å². The molecule has 0 amide bonds.